The Labute approximate surface area is 134 Å². The van der Waals surface area contributed by atoms with Crippen LogP contribution in [-0.4, -0.2) is 25.7 Å². The van der Waals surface area contributed by atoms with Gasteiger partial charge in [0.15, 0.2) is 0 Å². The van der Waals surface area contributed by atoms with Gasteiger partial charge >= 0.3 is 0 Å². The summed E-state index contributed by atoms with van der Waals surface area (Å²) in [6, 6.07) is 9.60. The number of methoxy groups -OCH3 is 1. The Hall–Kier alpha value is -1.06. The van der Waals surface area contributed by atoms with Crippen LogP contribution in [0.15, 0.2) is 24.3 Å². The highest BCUT2D eigenvalue weighted by Crippen LogP contribution is 2.30. The lowest BCUT2D eigenvalue weighted by atomic mass is 9.78. The Morgan fingerprint density at radius 2 is 1.91 bits per heavy atom. The van der Waals surface area contributed by atoms with Crippen molar-refractivity contribution in [3.8, 4) is 5.75 Å². The number of piperidine rings is 1. The topological polar surface area (TPSA) is 33.3 Å². The molecule has 2 atom stereocenters. The van der Waals surface area contributed by atoms with E-state index in [1.165, 1.54) is 57.1 Å². The van der Waals surface area contributed by atoms with Gasteiger partial charge in [0, 0.05) is 24.2 Å². The molecule has 0 radical (unpaired) electrons. The zero-order valence-electron chi connectivity index (χ0n) is 13.8. The molecular formula is C19H30N2O. The maximum Gasteiger partial charge on any atom is 0.123 e. The predicted octanol–water partition coefficient (Wildman–Crippen LogP) is 3.49. The summed E-state index contributed by atoms with van der Waals surface area (Å²) in [5.41, 5.74) is 1.26. The third kappa shape index (κ3) is 3.82. The molecule has 0 amide bonds. The molecule has 2 fully saturated rings. The third-order valence-corrected chi connectivity index (χ3v) is 5.41. The molecule has 2 N–H and O–H groups in total. The van der Waals surface area contributed by atoms with E-state index in [1.807, 2.05) is 6.07 Å². The van der Waals surface area contributed by atoms with Gasteiger partial charge in [0.05, 0.1) is 7.11 Å². The van der Waals surface area contributed by atoms with E-state index in [9.17, 15) is 0 Å². The number of benzene rings is 1. The number of hydrogen-bond donors (Lipinski definition) is 2. The van der Waals surface area contributed by atoms with Crippen molar-refractivity contribution in [2.24, 2.45) is 5.92 Å². The van der Waals surface area contributed by atoms with Gasteiger partial charge in [-0.25, -0.2) is 0 Å². The first kappa shape index (κ1) is 15.8. The van der Waals surface area contributed by atoms with Crippen molar-refractivity contribution >= 4 is 0 Å². The normalized spacial score (nSPS) is 26.8. The lowest BCUT2D eigenvalue weighted by Crippen LogP contribution is -2.55. The van der Waals surface area contributed by atoms with Crippen molar-refractivity contribution in [1.82, 2.24) is 10.6 Å². The first-order valence-corrected chi connectivity index (χ1v) is 8.97. The van der Waals surface area contributed by atoms with E-state index in [2.05, 4.69) is 28.8 Å². The van der Waals surface area contributed by atoms with Gasteiger partial charge in [0.25, 0.3) is 0 Å². The average Bonchev–Trinajstić information content (AvgIpc) is 2.61. The van der Waals surface area contributed by atoms with Gasteiger partial charge in [-0.05, 0) is 44.2 Å². The van der Waals surface area contributed by atoms with E-state index in [4.69, 9.17) is 4.74 Å². The summed E-state index contributed by atoms with van der Waals surface area (Å²) in [7, 11) is 1.76. The third-order valence-electron chi connectivity index (χ3n) is 5.41. The van der Waals surface area contributed by atoms with Crippen LogP contribution in [0.4, 0.5) is 0 Å². The second kappa shape index (κ2) is 7.98. The Balaban J connectivity index is 1.61. The molecule has 0 bridgehead atoms. The van der Waals surface area contributed by atoms with Gasteiger partial charge in [-0.1, -0.05) is 37.5 Å². The Bertz CT molecular complexity index is 457. The van der Waals surface area contributed by atoms with Crippen LogP contribution in [0.5, 0.6) is 5.75 Å². The molecule has 22 heavy (non-hydrogen) atoms. The summed E-state index contributed by atoms with van der Waals surface area (Å²) in [6.07, 6.45) is 9.66. The summed E-state index contributed by atoms with van der Waals surface area (Å²) in [6.45, 7) is 2.09. The van der Waals surface area contributed by atoms with E-state index in [0.717, 1.165) is 18.2 Å². The quantitative estimate of drug-likeness (QED) is 0.873. The van der Waals surface area contributed by atoms with Crippen LogP contribution in [0, 0.1) is 5.92 Å². The molecule has 3 nitrogen and oxygen atoms in total. The fourth-order valence-corrected chi connectivity index (χ4v) is 4.22. The highest BCUT2D eigenvalue weighted by molar-refractivity contribution is 5.33. The molecule has 3 rings (SSSR count). The summed E-state index contributed by atoms with van der Waals surface area (Å²) in [4.78, 5) is 0. The van der Waals surface area contributed by atoms with Gasteiger partial charge in [-0.15, -0.1) is 0 Å². The predicted molar refractivity (Wildman–Crippen MR) is 91.2 cm³/mol. The summed E-state index contributed by atoms with van der Waals surface area (Å²) < 4.78 is 5.47. The first-order valence-electron chi connectivity index (χ1n) is 8.97. The minimum Gasteiger partial charge on any atom is -0.496 e. The van der Waals surface area contributed by atoms with E-state index < -0.39 is 0 Å². The molecule has 1 saturated carbocycles. The van der Waals surface area contributed by atoms with Crippen molar-refractivity contribution in [1.29, 1.82) is 0 Å². The van der Waals surface area contributed by atoms with Crippen molar-refractivity contribution < 1.29 is 4.74 Å². The molecule has 122 valence electrons. The second-order valence-electron chi connectivity index (χ2n) is 6.82. The Morgan fingerprint density at radius 1 is 1.09 bits per heavy atom. The average molecular weight is 302 g/mol. The number of hydrogen-bond acceptors (Lipinski definition) is 3. The van der Waals surface area contributed by atoms with Crippen molar-refractivity contribution in [2.75, 3.05) is 13.7 Å². The van der Waals surface area contributed by atoms with Crippen molar-refractivity contribution in [3.05, 3.63) is 29.8 Å². The number of ether oxygens (including phenoxy) is 1. The summed E-state index contributed by atoms with van der Waals surface area (Å²) in [5, 5.41) is 7.63. The molecule has 1 saturated heterocycles. The smallest absolute Gasteiger partial charge is 0.123 e. The SMILES string of the molecule is COc1ccccc1CN[C@H]1CCCN[C@H]1C1CCCCC1. The molecule has 1 aromatic carbocycles. The highest BCUT2D eigenvalue weighted by atomic mass is 16.5. The number of para-hydroxylation sites is 1. The number of nitrogens with one attached hydrogen (secondary N) is 2. The molecule has 0 unspecified atom stereocenters. The van der Waals surface area contributed by atoms with Crippen LogP contribution in [0.1, 0.15) is 50.5 Å². The second-order valence-corrected chi connectivity index (χ2v) is 6.82. The van der Waals surface area contributed by atoms with Gasteiger partial charge < -0.3 is 15.4 Å². The zero-order chi connectivity index (χ0) is 15.2. The fourth-order valence-electron chi connectivity index (χ4n) is 4.22. The molecule has 0 aromatic heterocycles. The molecule has 2 aliphatic rings. The molecular weight excluding hydrogens is 272 g/mol. The van der Waals surface area contributed by atoms with E-state index >= 15 is 0 Å². The lowest BCUT2D eigenvalue weighted by Gasteiger charge is -2.40. The summed E-state index contributed by atoms with van der Waals surface area (Å²) >= 11 is 0. The van der Waals surface area contributed by atoms with Gasteiger partial charge in [0.2, 0.25) is 0 Å². The molecule has 1 aliphatic carbocycles. The van der Waals surface area contributed by atoms with E-state index in [-0.39, 0.29) is 0 Å². The maximum absolute atomic E-state index is 5.47. The van der Waals surface area contributed by atoms with E-state index in [0.29, 0.717) is 12.1 Å². The standard InChI is InChI=1S/C19H30N2O/c1-22-18-12-6-5-10-16(18)14-21-17-11-7-13-20-19(17)15-8-3-2-4-9-15/h5-6,10,12,15,17,19-21H,2-4,7-9,11,13-14H2,1H3/t17-,19-/m0/s1. The first-order chi connectivity index (χ1) is 10.9. The van der Waals surface area contributed by atoms with Crippen LogP contribution in [-0.2, 0) is 6.54 Å². The van der Waals surface area contributed by atoms with Gasteiger partial charge in [-0.3, -0.25) is 0 Å². The van der Waals surface area contributed by atoms with Gasteiger partial charge in [0.1, 0.15) is 5.75 Å². The van der Waals surface area contributed by atoms with Crippen LogP contribution in [0.2, 0.25) is 0 Å². The molecule has 0 spiro atoms. The van der Waals surface area contributed by atoms with Crippen LogP contribution >= 0.6 is 0 Å². The van der Waals surface area contributed by atoms with Crippen molar-refractivity contribution in [3.63, 3.8) is 0 Å². The fraction of sp³-hybridized carbons (Fsp3) is 0.684. The minimum atomic E-state index is 0.599. The zero-order valence-corrected chi connectivity index (χ0v) is 13.8. The van der Waals surface area contributed by atoms with E-state index in [1.54, 1.807) is 7.11 Å². The largest absolute Gasteiger partial charge is 0.496 e. The van der Waals surface area contributed by atoms with Crippen LogP contribution < -0.4 is 15.4 Å². The van der Waals surface area contributed by atoms with Crippen molar-refractivity contribution in [2.45, 2.75) is 63.6 Å². The highest BCUT2D eigenvalue weighted by Gasteiger charge is 2.32. The van der Waals surface area contributed by atoms with Crippen LogP contribution in [0.25, 0.3) is 0 Å². The Kier molecular flexibility index (Phi) is 5.74. The molecule has 3 heteroatoms. The van der Waals surface area contributed by atoms with Gasteiger partial charge in [-0.2, -0.15) is 0 Å². The lowest BCUT2D eigenvalue weighted by molar-refractivity contribution is 0.189. The molecule has 1 aromatic rings. The Morgan fingerprint density at radius 3 is 2.73 bits per heavy atom. The number of rotatable bonds is 5. The maximum atomic E-state index is 5.47. The minimum absolute atomic E-state index is 0.599. The van der Waals surface area contributed by atoms with Crippen LogP contribution in [0.3, 0.4) is 0 Å². The monoisotopic (exact) mass is 302 g/mol. The molecule has 1 aliphatic heterocycles. The molecule has 1 heterocycles. The summed E-state index contributed by atoms with van der Waals surface area (Å²) in [5.74, 6) is 1.86.